The van der Waals surface area contributed by atoms with Gasteiger partial charge in [-0.25, -0.2) is 17.9 Å². The topological polar surface area (TPSA) is 121 Å². The van der Waals surface area contributed by atoms with E-state index in [1.807, 2.05) is 0 Å². The van der Waals surface area contributed by atoms with Crippen LogP contribution in [-0.4, -0.2) is 23.0 Å². The van der Waals surface area contributed by atoms with Crippen molar-refractivity contribution in [3.05, 3.63) is 87.1 Å². The number of rotatable bonds is 4. The molecule has 2 aromatic carbocycles. The van der Waals surface area contributed by atoms with Gasteiger partial charge in [0.1, 0.15) is 21.9 Å². The van der Waals surface area contributed by atoms with E-state index in [9.17, 15) is 17.6 Å². The zero-order valence-corrected chi connectivity index (χ0v) is 17.7. The number of benzene rings is 2. The first kappa shape index (κ1) is 20.2. The molecule has 0 radical (unpaired) electrons. The lowest BCUT2D eigenvalue weighted by molar-refractivity contribution is 0.571. The van der Waals surface area contributed by atoms with E-state index in [1.165, 1.54) is 28.8 Å². The number of nitrogens with zero attached hydrogens (tertiary/aromatic N) is 3. The summed E-state index contributed by atoms with van der Waals surface area (Å²) in [5, 5.41) is 9.34. The lowest BCUT2D eigenvalue weighted by Crippen LogP contribution is -2.23. The van der Waals surface area contributed by atoms with E-state index in [2.05, 4.69) is 10.1 Å². The van der Waals surface area contributed by atoms with Crippen molar-refractivity contribution in [2.45, 2.75) is 4.90 Å². The van der Waals surface area contributed by atoms with Crippen LogP contribution >= 0.6 is 11.3 Å². The Bertz CT molecular complexity index is 1670. The quantitative estimate of drug-likeness (QED) is 0.432. The Morgan fingerprint density at radius 3 is 2.34 bits per heavy atom. The van der Waals surface area contributed by atoms with Crippen LogP contribution < -0.4 is 15.2 Å². The number of hydrogen-bond acceptors (Lipinski definition) is 7. The molecule has 5 aromatic rings. The summed E-state index contributed by atoms with van der Waals surface area (Å²) >= 11 is 1.15. The standard InChI is InChI=1S/C21H13FN4O4S2/c22-14-5-1-13(2-6-14)19-24-21-26(25-19)20(27)18(31-21)11-15-7-10-17(30-15)12-3-8-16(9-4-12)32(23,28)29/h1-11H,(H2,23,28,29)/b18-11-. The molecule has 3 aromatic heterocycles. The van der Waals surface area contributed by atoms with Gasteiger partial charge in [0, 0.05) is 17.2 Å². The lowest BCUT2D eigenvalue weighted by Gasteiger charge is -2.00. The van der Waals surface area contributed by atoms with Gasteiger partial charge in [-0.3, -0.25) is 4.79 Å². The van der Waals surface area contributed by atoms with E-state index >= 15 is 0 Å². The number of primary sulfonamides is 1. The third-order valence-electron chi connectivity index (χ3n) is 4.65. The van der Waals surface area contributed by atoms with Gasteiger partial charge in [-0.05, 0) is 60.7 Å². The van der Waals surface area contributed by atoms with E-state index in [-0.39, 0.29) is 16.3 Å². The number of furan rings is 1. The molecule has 0 saturated carbocycles. The fraction of sp³-hybridized carbons (Fsp3) is 0. The smallest absolute Gasteiger partial charge is 0.291 e. The van der Waals surface area contributed by atoms with Crippen LogP contribution in [0.15, 0.2) is 74.8 Å². The highest BCUT2D eigenvalue weighted by Crippen LogP contribution is 2.24. The van der Waals surface area contributed by atoms with Crippen molar-refractivity contribution in [2.24, 2.45) is 5.14 Å². The van der Waals surface area contributed by atoms with E-state index in [0.29, 0.717) is 38.0 Å². The second-order valence-corrected chi connectivity index (χ2v) is 9.39. The summed E-state index contributed by atoms with van der Waals surface area (Å²) in [5.74, 6) is 0.913. The van der Waals surface area contributed by atoms with Crippen molar-refractivity contribution in [1.29, 1.82) is 0 Å². The van der Waals surface area contributed by atoms with Crippen molar-refractivity contribution in [3.8, 4) is 22.7 Å². The first-order chi connectivity index (χ1) is 15.3. The van der Waals surface area contributed by atoms with Gasteiger partial charge < -0.3 is 4.42 Å². The van der Waals surface area contributed by atoms with Crippen LogP contribution in [0.4, 0.5) is 4.39 Å². The lowest BCUT2D eigenvalue weighted by atomic mass is 10.2. The summed E-state index contributed by atoms with van der Waals surface area (Å²) in [4.78, 5) is 17.5. The largest absolute Gasteiger partial charge is 0.457 e. The van der Waals surface area contributed by atoms with Crippen LogP contribution in [0.2, 0.25) is 0 Å². The predicted molar refractivity (Wildman–Crippen MR) is 117 cm³/mol. The SMILES string of the molecule is NS(=O)(=O)c1ccc(-c2ccc(/C=c3\sc4nc(-c5ccc(F)cc5)nn4c3=O)o2)cc1. The van der Waals surface area contributed by atoms with Gasteiger partial charge in [0.2, 0.25) is 15.0 Å². The van der Waals surface area contributed by atoms with Crippen molar-refractivity contribution < 1.29 is 17.2 Å². The molecule has 3 heterocycles. The molecule has 11 heteroatoms. The first-order valence-corrected chi connectivity index (χ1v) is 11.5. The Morgan fingerprint density at radius 1 is 1.00 bits per heavy atom. The van der Waals surface area contributed by atoms with E-state index in [1.54, 1.807) is 42.5 Å². The second-order valence-electron chi connectivity index (χ2n) is 6.82. The molecule has 0 atom stereocenters. The highest BCUT2D eigenvalue weighted by Gasteiger charge is 2.13. The number of hydrogen-bond donors (Lipinski definition) is 1. The van der Waals surface area contributed by atoms with Gasteiger partial charge in [-0.15, -0.1) is 5.10 Å². The van der Waals surface area contributed by atoms with Crippen molar-refractivity contribution >= 4 is 32.4 Å². The summed E-state index contributed by atoms with van der Waals surface area (Å²) in [6.45, 7) is 0. The molecule has 160 valence electrons. The van der Waals surface area contributed by atoms with Crippen molar-refractivity contribution in [3.63, 3.8) is 0 Å². The Labute approximate surface area is 184 Å². The zero-order valence-electron chi connectivity index (χ0n) is 16.1. The zero-order chi connectivity index (χ0) is 22.5. The van der Waals surface area contributed by atoms with E-state index in [4.69, 9.17) is 9.56 Å². The predicted octanol–water partition coefficient (Wildman–Crippen LogP) is 2.41. The normalized spacial score (nSPS) is 12.6. The van der Waals surface area contributed by atoms with Crippen LogP contribution in [0.5, 0.6) is 0 Å². The molecule has 0 aliphatic heterocycles. The number of sulfonamides is 1. The number of fused-ring (bicyclic) bond motifs is 1. The molecule has 5 rings (SSSR count). The summed E-state index contributed by atoms with van der Waals surface area (Å²) in [6.07, 6.45) is 1.59. The average molecular weight is 468 g/mol. The molecule has 0 spiro atoms. The summed E-state index contributed by atoms with van der Waals surface area (Å²) in [6, 6.07) is 15.1. The molecule has 0 aliphatic rings. The minimum absolute atomic E-state index is 0.00465. The summed E-state index contributed by atoms with van der Waals surface area (Å²) in [5.41, 5.74) is 0.920. The minimum Gasteiger partial charge on any atom is -0.457 e. The Hall–Kier alpha value is -3.67. The van der Waals surface area contributed by atoms with Gasteiger partial charge in [0.25, 0.3) is 5.56 Å². The van der Waals surface area contributed by atoms with Crippen LogP contribution in [-0.2, 0) is 10.0 Å². The Kier molecular flexibility index (Phi) is 4.73. The molecule has 0 fully saturated rings. The molecular formula is C21H13FN4O4S2. The Balaban J connectivity index is 1.46. The van der Waals surface area contributed by atoms with Crippen molar-refractivity contribution in [2.75, 3.05) is 0 Å². The van der Waals surface area contributed by atoms with E-state index < -0.39 is 10.0 Å². The molecule has 0 unspecified atom stereocenters. The highest BCUT2D eigenvalue weighted by atomic mass is 32.2. The minimum atomic E-state index is -3.77. The van der Waals surface area contributed by atoms with Gasteiger partial charge >= 0.3 is 0 Å². The number of nitrogens with two attached hydrogens (primary N) is 1. The molecule has 8 nitrogen and oxygen atoms in total. The number of thiazole rings is 1. The van der Waals surface area contributed by atoms with Crippen molar-refractivity contribution in [1.82, 2.24) is 14.6 Å². The molecular weight excluding hydrogens is 455 g/mol. The maximum atomic E-state index is 13.1. The first-order valence-electron chi connectivity index (χ1n) is 9.18. The fourth-order valence-electron chi connectivity index (χ4n) is 3.08. The molecule has 0 amide bonds. The maximum Gasteiger partial charge on any atom is 0.291 e. The van der Waals surface area contributed by atoms with Gasteiger partial charge in [0.05, 0.1) is 4.90 Å². The molecule has 32 heavy (non-hydrogen) atoms. The number of aromatic nitrogens is 3. The molecule has 0 saturated heterocycles. The maximum absolute atomic E-state index is 13.1. The fourth-order valence-corrected chi connectivity index (χ4v) is 4.48. The second kappa shape index (κ2) is 7.48. The van der Waals surface area contributed by atoms with Crippen LogP contribution in [0.1, 0.15) is 5.76 Å². The van der Waals surface area contributed by atoms with Gasteiger partial charge in [0.15, 0.2) is 5.82 Å². The average Bonchev–Trinajstić information content (AvgIpc) is 3.46. The molecule has 0 bridgehead atoms. The monoisotopic (exact) mass is 468 g/mol. The summed E-state index contributed by atoms with van der Waals surface area (Å²) < 4.78 is 43.2. The van der Waals surface area contributed by atoms with Crippen LogP contribution in [0.3, 0.4) is 0 Å². The van der Waals surface area contributed by atoms with Crippen LogP contribution in [0.25, 0.3) is 33.7 Å². The van der Waals surface area contributed by atoms with Gasteiger partial charge in [-0.2, -0.15) is 9.50 Å². The summed E-state index contributed by atoms with van der Waals surface area (Å²) in [7, 11) is -3.77. The number of halogens is 1. The van der Waals surface area contributed by atoms with Crippen LogP contribution in [0, 0.1) is 5.82 Å². The highest BCUT2D eigenvalue weighted by molar-refractivity contribution is 7.89. The third kappa shape index (κ3) is 3.73. The Morgan fingerprint density at radius 2 is 1.69 bits per heavy atom. The van der Waals surface area contributed by atoms with Gasteiger partial charge in [-0.1, -0.05) is 11.3 Å². The molecule has 0 aliphatic carbocycles. The van der Waals surface area contributed by atoms with E-state index in [0.717, 1.165) is 11.3 Å². The third-order valence-corrected chi connectivity index (χ3v) is 6.54. The molecule has 2 N–H and O–H groups in total.